The summed E-state index contributed by atoms with van der Waals surface area (Å²) in [6.07, 6.45) is 3.32. The Kier molecular flexibility index (Phi) is 6.76. The lowest BCUT2D eigenvalue weighted by atomic mass is 10.0. The zero-order valence-electron chi connectivity index (χ0n) is 21.7. The van der Waals surface area contributed by atoms with Crippen LogP contribution in [0.5, 0.6) is 0 Å². The van der Waals surface area contributed by atoms with Gasteiger partial charge in [0.15, 0.2) is 0 Å². The Balaban J connectivity index is 1.34. The minimum Gasteiger partial charge on any atom is -0.378 e. The summed E-state index contributed by atoms with van der Waals surface area (Å²) in [6.45, 7) is 10.4. The summed E-state index contributed by atoms with van der Waals surface area (Å²) in [5.41, 5.74) is 3.15. The molecule has 1 aliphatic rings. The number of aryl methyl sites for hydroxylation is 1. The second-order valence-corrected chi connectivity index (χ2v) is 10.4. The molecule has 2 atom stereocenters. The lowest BCUT2D eigenvalue weighted by molar-refractivity contribution is 0.0946. The number of aromatic nitrogens is 4. The van der Waals surface area contributed by atoms with Gasteiger partial charge in [-0.2, -0.15) is 4.98 Å². The Morgan fingerprint density at radius 3 is 2.86 bits per heavy atom. The molecule has 5 rings (SSSR count). The van der Waals surface area contributed by atoms with Gasteiger partial charge in [0, 0.05) is 42.1 Å². The minimum absolute atomic E-state index is 0.103. The van der Waals surface area contributed by atoms with E-state index in [-0.39, 0.29) is 24.0 Å². The molecule has 1 aliphatic heterocycles. The van der Waals surface area contributed by atoms with Crippen molar-refractivity contribution < 1.29 is 13.7 Å². The van der Waals surface area contributed by atoms with Crippen molar-refractivity contribution in [1.29, 1.82) is 0 Å². The molecule has 4 aromatic rings. The number of piperidine rings is 1. The van der Waals surface area contributed by atoms with Crippen molar-refractivity contribution >= 4 is 22.5 Å². The molecule has 1 fully saturated rings. The lowest BCUT2D eigenvalue weighted by Gasteiger charge is -2.28. The van der Waals surface area contributed by atoms with E-state index in [0.29, 0.717) is 43.3 Å². The summed E-state index contributed by atoms with van der Waals surface area (Å²) in [7, 11) is 0. The third-order valence-corrected chi connectivity index (χ3v) is 6.83. The van der Waals surface area contributed by atoms with Crippen LogP contribution in [-0.2, 0) is 18.6 Å². The molecule has 0 saturated carbocycles. The maximum atomic E-state index is 14.5. The molecule has 3 aromatic heterocycles. The van der Waals surface area contributed by atoms with Crippen LogP contribution in [0.15, 0.2) is 47.2 Å². The first-order chi connectivity index (χ1) is 17.7. The number of anilines is 1. The van der Waals surface area contributed by atoms with E-state index in [4.69, 9.17) is 4.52 Å². The van der Waals surface area contributed by atoms with Crippen molar-refractivity contribution in [3.63, 3.8) is 0 Å². The molecule has 3 N–H and O–H groups in total. The molecule has 9 nitrogen and oxygen atoms in total. The van der Waals surface area contributed by atoms with Crippen molar-refractivity contribution in [2.24, 2.45) is 0 Å². The van der Waals surface area contributed by atoms with E-state index in [1.807, 2.05) is 41.2 Å². The largest absolute Gasteiger partial charge is 0.378 e. The quantitative estimate of drug-likeness (QED) is 0.345. The predicted molar refractivity (Wildman–Crippen MR) is 141 cm³/mol. The Hall–Kier alpha value is -3.66. The molecule has 0 aliphatic carbocycles. The first kappa shape index (κ1) is 25.0. The number of hydrogen-bond acceptors (Lipinski definition) is 6. The molecular weight excluding hydrogens is 473 g/mol. The summed E-state index contributed by atoms with van der Waals surface area (Å²) < 4.78 is 24.0. The fourth-order valence-corrected chi connectivity index (χ4v) is 4.74. The van der Waals surface area contributed by atoms with Gasteiger partial charge in [0.05, 0.1) is 29.4 Å². The number of hydrogen-bond donors (Lipinski definition) is 3. The Labute approximate surface area is 215 Å². The minimum atomic E-state index is -0.897. The van der Waals surface area contributed by atoms with Gasteiger partial charge in [0.25, 0.3) is 5.91 Å². The topological polar surface area (TPSA) is 102 Å². The highest BCUT2D eigenvalue weighted by molar-refractivity contribution is 5.96. The van der Waals surface area contributed by atoms with Crippen LogP contribution in [0, 0.1) is 0 Å². The Morgan fingerprint density at radius 1 is 1.30 bits per heavy atom. The van der Waals surface area contributed by atoms with Crippen LogP contribution in [0.2, 0.25) is 0 Å². The van der Waals surface area contributed by atoms with Crippen LogP contribution < -0.4 is 16.0 Å². The lowest BCUT2D eigenvalue weighted by Crippen LogP contribution is -2.46. The second-order valence-electron chi connectivity index (χ2n) is 10.4. The molecule has 4 heterocycles. The van der Waals surface area contributed by atoms with Crippen LogP contribution in [0.4, 0.5) is 10.1 Å². The molecule has 1 amide bonds. The third kappa shape index (κ3) is 5.11. The summed E-state index contributed by atoms with van der Waals surface area (Å²) in [4.78, 5) is 17.2. The standard InChI is InChI=1S/C27H34FN7O2/c1-5-35-22-8-6-7-20(31-21-14-29-11-9-19(21)28)18(22)13-23(35)25-32-24(37-33-25)15-30-26(36)17-10-12-34(16-17)27(2,3)4/h6-8,10,12-13,16,19,21,29,31H,5,9,11,14-15H2,1-4H3,(H,30,36)/t19-,21+/m0/s1. The van der Waals surface area contributed by atoms with E-state index in [2.05, 4.69) is 58.4 Å². The van der Waals surface area contributed by atoms with E-state index in [1.54, 1.807) is 6.07 Å². The fraction of sp³-hybridized carbons (Fsp3) is 0.444. The van der Waals surface area contributed by atoms with Gasteiger partial charge in [0.1, 0.15) is 6.17 Å². The first-order valence-electron chi connectivity index (χ1n) is 12.8. The summed E-state index contributed by atoms with van der Waals surface area (Å²) in [5, 5.41) is 14.7. The van der Waals surface area contributed by atoms with Gasteiger partial charge in [-0.3, -0.25) is 4.79 Å². The molecule has 1 saturated heterocycles. The first-order valence-corrected chi connectivity index (χ1v) is 12.8. The van der Waals surface area contributed by atoms with Gasteiger partial charge in [-0.25, -0.2) is 4.39 Å². The summed E-state index contributed by atoms with van der Waals surface area (Å²) >= 11 is 0. The van der Waals surface area contributed by atoms with Crippen LogP contribution in [0.25, 0.3) is 22.4 Å². The number of fused-ring (bicyclic) bond motifs is 1. The molecule has 37 heavy (non-hydrogen) atoms. The van der Waals surface area contributed by atoms with Crippen molar-refractivity contribution in [3.05, 3.63) is 54.2 Å². The van der Waals surface area contributed by atoms with Crippen molar-refractivity contribution in [2.75, 3.05) is 18.4 Å². The number of carbonyl (C=O) groups excluding carboxylic acids is 1. The van der Waals surface area contributed by atoms with Crippen LogP contribution in [0.1, 0.15) is 50.4 Å². The zero-order valence-corrected chi connectivity index (χ0v) is 21.7. The molecule has 0 bridgehead atoms. The molecule has 0 spiro atoms. The van der Waals surface area contributed by atoms with Crippen LogP contribution in [-0.4, -0.2) is 50.5 Å². The molecular formula is C27H34FN7O2. The van der Waals surface area contributed by atoms with E-state index >= 15 is 0 Å². The number of benzene rings is 1. The Bertz CT molecular complexity index is 1400. The van der Waals surface area contributed by atoms with Crippen molar-refractivity contribution in [1.82, 2.24) is 29.9 Å². The fourth-order valence-electron chi connectivity index (χ4n) is 4.74. The van der Waals surface area contributed by atoms with Crippen molar-refractivity contribution in [3.8, 4) is 11.5 Å². The number of amides is 1. The van der Waals surface area contributed by atoms with Crippen LogP contribution in [0.3, 0.4) is 0 Å². The number of rotatable bonds is 7. The summed E-state index contributed by atoms with van der Waals surface area (Å²) in [6, 6.07) is 9.48. The van der Waals surface area contributed by atoms with Gasteiger partial charge in [-0.1, -0.05) is 11.2 Å². The van der Waals surface area contributed by atoms with Gasteiger partial charge in [-0.05, 0) is 64.9 Å². The number of carbonyl (C=O) groups is 1. The molecule has 0 radical (unpaired) electrons. The highest BCUT2D eigenvalue weighted by Gasteiger charge is 2.25. The van der Waals surface area contributed by atoms with Gasteiger partial charge >= 0.3 is 0 Å². The maximum Gasteiger partial charge on any atom is 0.253 e. The van der Waals surface area contributed by atoms with Gasteiger partial charge < -0.3 is 29.6 Å². The van der Waals surface area contributed by atoms with E-state index in [0.717, 1.165) is 22.3 Å². The molecule has 1 aromatic carbocycles. The second kappa shape index (κ2) is 10.0. The van der Waals surface area contributed by atoms with E-state index in [9.17, 15) is 9.18 Å². The zero-order chi connectivity index (χ0) is 26.2. The molecule has 0 unspecified atom stereocenters. The molecule has 10 heteroatoms. The SMILES string of the molecule is CCn1c(-c2noc(CNC(=O)c3ccn(C(C)(C)C)c3)n2)cc2c(N[C@@H]3CNCC[C@@H]3F)cccc21. The maximum absolute atomic E-state index is 14.5. The van der Waals surface area contributed by atoms with Gasteiger partial charge in [0.2, 0.25) is 11.7 Å². The van der Waals surface area contributed by atoms with Gasteiger partial charge in [-0.15, -0.1) is 0 Å². The predicted octanol–water partition coefficient (Wildman–Crippen LogP) is 4.31. The Morgan fingerprint density at radius 2 is 2.14 bits per heavy atom. The average Bonchev–Trinajstić information content (AvgIpc) is 3.61. The van der Waals surface area contributed by atoms with E-state index in [1.165, 1.54) is 0 Å². The number of nitrogens with zero attached hydrogens (tertiary/aromatic N) is 4. The van der Waals surface area contributed by atoms with Crippen LogP contribution >= 0.6 is 0 Å². The number of halogens is 1. The average molecular weight is 508 g/mol. The normalized spacial score (nSPS) is 18.3. The molecule has 196 valence electrons. The highest BCUT2D eigenvalue weighted by atomic mass is 19.1. The monoisotopic (exact) mass is 507 g/mol. The highest BCUT2D eigenvalue weighted by Crippen LogP contribution is 2.32. The smallest absolute Gasteiger partial charge is 0.253 e. The third-order valence-electron chi connectivity index (χ3n) is 6.83. The number of nitrogens with one attached hydrogen (secondary N) is 3. The van der Waals surface area contributed by atoms with Crippen molar-refractivity contribution in [2.45, 2.75) is 65.0 Å². The summed E-state index contributed by atoms with van der Waals surface area (Å²) in [5.74, 6) is 0.553. The number of alkyl halides is 1. The van der Waals surface area contributed by atoms with E-state index < -0.39 is 6.17 Å².